The molecule has 5 heteroatoms. The molecule has 0 aromatic heterocycles. The Bertz CT molecular complexity index is 314. The van der Waals surface area contributed by atoms with Crippen LogP contribution in [0.5, 0.6) is 0 Å². The number of likely N-dealkylation sites (N-methyl/N-ethyl adjacent to an activating group) is 2. The molecule has 0 bridgehead atoms. The molecule has 18 heavy (non-hydrogen) atoms. The molecule has 1 rings (SSSR count). The van der Waals surface area contributed by atoms with Crippen molar-refractivity contribution in [1.29, 1.82) is 5.26 Å². The Balaban J connectivity index is 2.40. The maximum atomic E-state index is 11.9. The summed E-state index contributed by atoms with van der Waals surface area (Å²) in [5, 5.41) is 18.4. The zero-order valence-corrected chi connectivity index (χ0v) is 11.3. The van der Waals surface area contributed by atoms with E-state index in [0.29, 0.717) is 19.5 Å². The van der Waals surface area contributed by atoms with E-state index in [4.69, 9.17) is 5.26 Å². The summed E-state index contributed by atoms with van der Waals surface area (Å²) in [6, 6.07) is 2.12. The highest BCUT2D eigenvalue weighted by atomic mass is 16.3. The highest BCUT2D eigenvalue weighted by molar-refractivity contribution is 5.78. The first-order valence-electron chi connectivity index (χ1n) is 6.55. The lowest BCUT2D eigenvalue weighted by Gasteiger charge is -2.35. The van der Waals surface area contributed by atoms with Crippen LogP contribution in [0.3, 0.4) is 0 Å². The molecule has 1 saturated carbocycles. The van der Waals surface area contributed by atoms with E-state index in [2.05, 4.69) is 0 Å². The second-order valence-corrected chi connectivity index (χ2v) is 5.06. The summed E-state index contributed by atoms with van der Waals surface area (Å²) in [6.07, 6.45) is 4.01. The number of carbonyl (C=O) groups excluding carboxylic acids is 1. The minimum atomic E-state index is -0.319. The standard InChI is InChI=1S/C13H23N3O2/c1-15(9-5-8-14)13(18)10-16(2)11-6-3-4-7-12(11)17/h11-12,17H,3-7,9-10H2,1-2H3. The van der Waals surface area contributed by atoms with E-state index in [0.717, 1.165) is 25.7 Å². The van der Waals surface area contributed by atoms with Crippen LogP contribution < -0.4 is 0 Å². The van der Waals surface area contributed by atoms with E-state index in [-0.39, 0.29) is 18.1 Å². The van der Waals surface area contributed by atoms with Gasteiger partial charge in [0, 0.05) is 19.6 Å². The average molecular weight is 253 g/mol. The summed E-state index contributed by atoms with van der Waals surface area (Å²) in [4.78, 5) is 15.4. The number of amides is 1. The van der Waals surface area contributed by atoms with E-state index < -0.39 is 0 Å². The van der Waals surface area contributed by atoms with E-state index in [1.54, 1.807) is 11.9 Å². The van der Waals surface area contributed by atoms with Gasteiger partial charge in [-0.05, 0) is 19.9 Å². The van der Waals surface area contributed by atoms with Crippen LogP contribution in [-0.4, -0.2) is 60.1 Å². The molecule has 0 aromatic carbocycles. The van der Waals surface area contributed by atoms with Crippen LogP contribution in [0.25, 0.3) is 0 Å². The molecule has 1 N–H and O–H groups in total. The maximum absolute atomic E-state index is 11.9. The largest absolute Gasteiger partial charge is 0.391 e. The number of hydrogen-bond donors (Lipinski definition) is 1. The van der Waals surface area contributed by atoms with Crippen LogP contribution in [0, 0.1) is 11.3 Å². The molecule has 0 aliphatic heterocycles. The van der Waals surface area contributed by atoms with Crippen molar-refractivity contribution in [1.82, 2.24) is 9.80 Å². The lowest BCUT2D eigenvalue weighted by Crippen LogP contribution is -2.47. The van der Waals surface area contributed by atoms with Crippen molar-refractivity contribution in [2.24, 2.45) is 0 Å². The molecule has 1 aliphatic rings. The van der Waals surface area contributed by atoms with Gasteiger partial charge in [0.2, 0.25) is 5.91 Å². The van der Waals surface area contributed by atoms with E-state index in [1.165, 1.54) is 0 Å². The van der Waals surface area contributed by atoms with Crippen molar-refractivity contribution in [2.45, 2.75) is 44.2 Å². The molecule has 5 nitrogen and oxygen atoms in total. The third-order valence-electron chi connectivity index (χ3n) is 3.63. The SMILES string of the molecule is CN(CCC#N)C(=O)CN(C)C1CCCCC1O. The predicted molar refractivity (Wildman–Crippen MR) is 68.8 cm³/mol. The van der Waals surface area contributed by atoms with Gasteiger partial charge in [0.25, 0.3) is 0 Å². The van der Waals surface area contributed by atoms with Crippen LogP contribution in [0.4, 0.5) is 0 Å². The Morgan fingerprint density at radius 2 is 2.06 bits per heavy atom. The molecule has 2 atom stereocenters. The van der Waals surface area contributed by atoms with Crippen molar-refractivity contribution in [3.05, 3.63) is 0 Å². The first kappa shape index (κ1) is 14.9. The lowest BCUT2D eigenvalue weighted by atomic mass is 9.91. The Kier molecular flexibility index (Phi) is 6.10. The summed E-state index contributed by atoms with van der Waals surface area (Å²) in [5.41, 5.74) is 0. The molecular formula is C13H23N3O2. The molecule has 0 aromatic rings. The molecule has 0 saturated heterocycles. The molecule has 102 valence electrons. The first-order chi connectivity index (χ1) is 8.56. The molecule has 0 heterocycles. The topological polar surface area (TPSA) is 67.6 Å². The minimum Gasteiger partial charge on any atom is -0.391 e. The Morgan fingerprint density at radius 1 is 1.39 bits per heavy atom. The normalized spacial score (nSPS) is 23.7. The van der Waals surface area contributed by atoms with Gasteiger partial charge in [-0.15, -0.1) is 0 Å². The number of carbonyl (C=O) groups is 1. The summed E-state index contributed by atoms with van der Waals surface area (Å²) in [7, 11) is 3.60. The van der Waals surface area contributed by atoms with Crippen LogP contribution in [0.1, 0.15) is 32.1 Å². The Labute approximate surface area is 109 Å². The fraction of sp³-hybridized carbons (Fsp3) is 0.846. The van der Waals surface area contributed by atoms with Crippen molar-refractivity contribution < 1.29 is 9.90 Å². The van der Waals surface area contributed by atoms with Gasteiger partial charge in [-0.3, -0.25) is 9.69 Å². The molecule has 2 unspecified atom stereocenters. The molecule has 1 amide bonds. The minimum absolute atomic E-state index is 0.00511. The van der Waals surface area contributed by atoms with Crippen molar-refractivity contribution >= 4 is 5.91 Å². The lowest BCUT2D eigenvalue weighted by molar-refractivity contribution is -0.132. The van der Waals surface area contributed by atoms with Gasteiger partial charge in [-0.2, -0.15) is 5.26 Å². The van der Waals surface area contributed by atoms with Crippen molar-refractivity contribution in [3.63, 3.8) is 0 Å². The molecular weight excluding hydrogens is 230 g/mol. The molecule has 1 aliphatic carbocycles. The molecule has 1 fully saturated rings. The number of rotatable bonds is 5. The van der Waals surface area contributed by atoms with Crippen molar-refractivity contribution in [2.75, 3.05) is 27.2 Å². The second-order valence-electron chi connectivity index (χ2n) is 5.06. The molecule has 0 spiro atoms. The zero-order chi connectivity index (χ0) is 13.5. The Hall–Kier alpha value is -1.12. The van der Waals surface area contributed by atoms with Gasteiger partial charge in [-0.1, -0.05) is 12.8 Å². The van der Waals surface area contributed by atoms with Gasteiger partial charge < -0.3 is 10.0 Å². The summed E-state index contributed by atoms with van der Waals surface area (Å²) >= 11 is 0. The first-order valence-corrected chi connectivity index (χ1v) is 6.55. The highest BCUT2D eigenvalue weighted by Gasteiger charge is 2.27. The highest BCUT2D eigenvalue weighted by Crippen LogP contribution is 2.22. The third-order valence-corrected chi connectivity index (χ3v) is 3.63. The van der Waals surface area contributed by atoms with E-state index in [1.807, 2.05) is 18.0 Å². The van der Waals surface area contributed by atoms with Gasteiger partial charge >= 0.3 is 0 Å². The Morgan fingerprint density at radius 3 is 2.67 bits per heavy atom. The third kappa shape index (κ3) is 4.28. The second kappa shape index (κ2) is 7.34. The zero-order valence-electron chi connectivity index (χ0n) is 11.3. The van der Waals surface area contributed by atoms with Gasteiger partial charge in [-0.25, -0.2) is 0 Å². The van der Waals surface area contributed by atoms with Gasteiger partial charge in [0.05, 0.1) is 25.1 Å². The van der Waals surface area contributed by atoms with Crippen LogP contribution in [0.2, 0.25) is 0 Å². The van der Waals surface area contributed by atoms with E-state index >= 15 is 0 Å². The number of hydrogen-bond acceptors (Lipinski definition) is 4. The smallest absolute Gasteiger partial charge is 0.236 e. The van der Waals surface area contributed by atoms with Crippen LogP contribution in [-0.2, 0) is 4.79 Å². The van der Waals surface area contributed by atoms with E-state index in [9.17, 15) is 9.90 Å². The average Bonchev–Trinajstić information content (AvgIpc) is 2.36. The summed E-state index contributed by atoms with van der Waals surface area (Å²) < 4.78 is 0. The monoisotopic (exact) mass is 253 g/mol. The number of aliphatic hydroxyl groups is 1. The molecule has 0 radical (unpaired) electrons. The fourth-order valence-electron chi connectivity index (χ4n) is 2.40. The van der Waals surface area contributed by atoms with Crippen LogP contribution in [0.15, 0.2) is 0 Å². The maximum Gasteiger partial charge on any atom is 0.236 e. The summed E-state index contributed by atoms with van der Waals surface area (Å²) in [5.74, 6) is 0.00511. The van der Waals surface area contributed by atoms with Gasteiger partial charge in [0.1, 0.15) is 0 Å². The van der Waals surface area contributed by atoms with Crippen molar-refractivity contribution in [3.8, 4) is 6.07 Å². The number of aliphatic hydroxyl groups excluding tert-OH is 1. The number of nitrogens with zero attached hydrogens (tertiary/aromatic N) is 3. The van der Waals surface area contributed by atoms with Gasteiger partial charge in [0.15, 0.2) is 0 Å². The number of nitriles is 1. The van der Waals surface area contributed by atoms with Crippen LogP contribution >= 0.6 is 0 Å². The predicted octanol–water partition coefficient (Wildman–Crippen LogP) is 0.594. The summed E-state index contributed by atoms with van der Waals surface area (Å²) in [6.45, 7) is 0.778. The fourth-order valence-corrected chi connectivity index (χ4v) is 2.40. The quantitative estimate of drug-likeness (QED) is 0.779.